The minimum atomic E-state index is -0.0368. The lowest BCUT2D eigenvalue weighted by atomic mass is 9.31. The van der Waals surface area contributed by atoms with Gasteiger partial charge in [-0.2, -0.15) is 0 Å². The van der Waals surface area contributed by atoms with Gasteiger partial charge in [-0.3, -0.25) is 0 Å². The first kappa shape index (κ1) is 34.0. The molecule has 0 N–H and O–H groups in total. The number of fused-ring (bicyclic) bond motifs is 14. The van der Waals surface area contributed by atoms with Crippen molar-refractivity contribution in [1.82, 2.24) is 0 Å². The Bertz CT molecular complexity index is 3130. The number of hydrogen-bond donors (Lipinski definition) is 0. The maximum atomic E-state index is 6.80. The number of anilines is 2. The molecule has 5 heterocycles. The number of furan rings is 1. The molecule has 0 fully saturated rings. The maximum absolute atomic E-state index is 6.80. The predicted octanol–water partition coefficient (Wildman–Crippen LogP) is 10.8. The summed E-state index contributed by atoms with van der Waals surface area (Å²) < 4.78 is 6.80. The van der Waals surface area contributed by atoms with Crippen molar-refractivity contribution in [3.63, 3.8) is 0 Å². The van der Waals surface area contributed by atoms with Crippen LogP contribution in [0.3, 0.4) is 0 Å². The van der Waals surface area contributed by atoms with Crippen LogP contribution in [0.25, 0.3) is 55.0 Å². The van der Waals surface area contributed by atoms with Crippen molar-refractivity contribution in [2.75, 3.05) is 4.81 Å². The van der Waals surface area contributed by atoms with Gasteiger partial charge in [0.25, 0.3) is 0 Å². The maximum Gasteiger partial charge on any atom is 0.329 e. The van der Waals surface area contributed by atoms with Crippen LogP contribution < -0.4 is 32.1 Å². The first-order valence-electron chi connectivity index (χ1n) is 20.6. The molecule has 0 unspecified atom stereocenters. The summed E-state index contributed by atoms with van der Waals surface area (Å²) in [6, 6.07) is 42.7. The number of hydrogen-bond acceptors (Lipinski definition) is 3. The third-order valence-electron chi connectivity index (χ3n) is 13.5. The van der Waals surface area contributed by atoms with Crippen LogP contribution in [0.4, 0.5) is 11.4 Å². The molecule has 276 valence electrons. The van der Waals surface area contributed by atoms with E-state index in [0.717, 1.165) is 11.2 Å². The Morgan fingerprint density at radius 1 is 0.491 bits per heavy atom. The highest BCUT2D eigenvalue weighted by atomic mass is 32.2. The fraction of sp³-hybridized carbons (Fsp3) is 0.231. The van der Waals surface area contributed by atoms with Gasteiger partial charge in [-0.1, -0.05) is 158 Å². The van der Waals surface area contributed by atoms with Gasteiger partial charge in [0.15, 0.2) is 0 Å². The molecule has 0 saturated heterocycles. The van der Waals surface area contributed by atoms with Crippen LogP contribution in [0.5, 0.6) is 0 Å². The molecule has 12 rings (SSSR count). The lowest BCUT2D eigenvalue weighted by molar-refractivity contribution is 0.590. The summed E-state index contributed by atoms with van der Waals surface area (Å²) in [6.07, 6.45) is 0. The first-order chi connectivity index (χ1) is 27.1. The molecule has 57 heavy (non-hydrogen) atoms. The highest BCUT2D eigenvalue weighted by molar-refractivity contribution is 8.00. The Labute approximate surface area is 340 Å². The van der Waals surface area contributed by atoms with Gasteiger partial charge in [-0.15, -0.1) is 0 Å². The normalized spacial score (nSPS) is 14.9. The average Bonchev–Trinajstić information content (AvgIpc) is 3.54. The molecule has 2 nitrogen and oxygen atoms in total. The first-order valence-corrected chi connectivity index (χ1v) is 21.5. The largest absolute Gasteiger partial charge is 0.456 e. The Morgan fingerprint density at radius 2 is 1.14 bits per heavy atom. The standard InChI is InChI=1S/C52H45B2NOS/c1-50(2,3)29-15-17-33-35-19-21-44-47-49(35)55-48-36(34-18-16-30(51(4,5)6)24-39(34)54(55)38(33)23-29)22-31(52(7,8)9)25-41(48)53(47)40-27-43-37(26-45(40)57-44)46-32-13-11-10-12-28(32)14-20-42(46)56-43/h10-27H,1-9H3. The van der Waals surface area contributed by atoms with Gasteiger partial charge in [0, 0.05) is 43.1 Å². The summed E-state index contributed by atoms with van der Waals surface area (Å²) in [4.78, 5) is 5.48. The third kappa shape index (κ3) is 4.53. The highest BCUT2D eigenvalue weighted by Crippen LogP contribution is 2.51. The van der Waals surface area contributed by atoms with E-state index in [2.05, 4.69) is 176 Å². The monoisotopic (exact) mass is 753 g/mol. The molecule has 0 atom stereocenters. The lowest BCUT2D eigenvalue weighted by Gasteiger charge is -2.51. The molecule has 0 amide bonds. The fourth-order valence-corrected chi connectivity index (χ4v) is 11.7. The second kappa shape index (κ2) is 10.9. The van der Waals surface area contributed by atoms with Crippen molar-refractivity contribution in [1.29, 1.82) is 0 Å². The van der Waals surface area contributed by atoms with E-state index in [-0.39, 0.29) is 29.8 Å². The van der Waals surface area contributed by atoms with E-state index in [0.29, 0.717) is 0 Å². The molecule has 0 bridgehead atoms. The molecule has 0 radical (unpaired) electrons. The average molecular weight is 754 g/mol. The topological polar surface area (TPSA) is 16.4 Å². The molecule has 5 heteroatoms. The quantitative estimate of drug-likeness (QED) is 0.144. The van der Waals surface area contributed by atoms with Gasteiger partial charge in [-0.25, -0.2) is 0 Å². The van der Waals surface area contributed by atoms with E-state index in [4.69, 9.17) is 4.42 Å². The summed E-state index contributed by atoms with van der Waals surface area (Å²) in [5.41, 5.74) is 21.3. The molecular formula is C52H45B2NOS. The Morgan fingerprint density at radius 3 is 1.84 bits per heavy atom. The van der Waals surface area contributed by atoms with Crippen LogP contribution in [-0.4, -0.2) is 13.6 Å². The van der Waals surface area contributed by atoms with Gasteiger partial charge in [-0.05, 0) is 107 Å². The van der Waals surface area contributed by atoms with Crippen molar-refractivity contribution in [3.05, 3.63) is 126 Å². The van der Waals surface area contributed by atoms with E-state index < -0.39 is 0 Å². The van der Waals surface area contributed by atoms with Crippen molar-refractivity contribution in [2.24, 2.45) is 0 Å². The van der Waals surface area contributed by atoms with E-state index in [9.17, 15) is 0 Å². The number of benzene rings is 7. The SMILES string of the molecule is CC(C)(C)c1ccc2c(c1)B1c3cc(C(C)(C)C)ccc3-c3ccc4c5c3N1c1c(cc(C(C)(C)C)cc1-2)B5c1cc2oc3ccc5ccccc5c3c2cc1S4. The van der Waals surface area contributed by atoms with Crippen LogP contribution in [-0.2, 0) is 16.2 Å². The summed E-state index contributed by atoms with van der Waals surface area (Å²) in [5, 5.41) is 4.90. The van der Waals surface area contributed by atoms with Crippen LogP contribution in [0.15, 0.2) is 123 Å². The third-order valence-corrected chi connectivity index (χ3v) is 14.7. The molecule has 1 aromatic heterocycles. The van der Waals surface area contributed by atoms with E-state index >= 15 is 0 Å². The van der Waals surface area contributed by atoms with E-state index in [1.807, 2.05) is 11.8 Å². The smallest absolute Gasteiger partial charge is 0.329 e. The lowest BCUT2D eigenvalue weighted by Crippen LogP contribution is -2.69. The minimum absolute atomic E-state index is 0.0250. The Kier molecular flexibility index (Phi) is 6.48. The van der Waals surface area contributed by atoms with Gasteiger partial charge in [0.2, 0.25) is 6.71 Å². The summed E-state index contributed by atoms with van der Waals surface area (Å²) in [6.45, 7) is 21.3. The molecule has 0 saturated carbocycles. The second-order valence-electron chi connectivity index (χ2n) is 20.1. The second-order valence-corrected chi connectivity index (χ2v) is 21.2. The molecule has 4 aliphatic heterocycles. The molecule has 0 aliphatic carbocycles. The summed E-state index contributed by atoms with van der Waals surface area (Å²) >= 11 is 1.95. The van der Waals surface area contributed by atoms with Gasteiger partial charge >= 0.3 is 6.85 Å². The van der Waals surface area contributed by atoms with E-state index in [1.54, 1.807) is 0 Å². The number of rotatable bonds is 0. The van der Waals surface area contributed by atoms with Gasteiger partial charge in [0.05, 0.1) is 0 Å². The zero-order valence-electron chi connectivity index (χ0n) is 34.3. The van der Waals surface area contributed by atoms with Crippen molar-refractivity contribution in [3.8, 4) is 22.3 Å². The molecule has 4 aliphatic rings. The van der Waals surface area contributed by atoms with Gasteiger partial charge in [0.1, 0.15) is 11.2 Å². The van der Waals surface area contributed by atoms with E-state index in [1.165, 1.54) is 109 Å². The predicted molar refractivity (Wildman–Crippen MR) is 247 cm³/mol. The van der Waals surface area contributed by atoms with Crippen molar-refractivity contribution in [2.45, 2.75) is 88.3 Å². The number of nitrogens with zero attached hydrogens (tertiary/aromatic N) is 1. The summed E-state index contributed by atoms with van der Waals surface area (Å²) in [7, 11) is 0. The summed E-state index contributed by atoms with van der Waals surface area (Å²) in [5.74, 6) is 0. The zero-order valence-corrected chi connectivity index (χ0v) is 35.1. The Hall–Kier alpha value is -5.12. The van der Waals surface area contributed by atoms with Crippen LogP contribution >= 0.6 is 11.8 Å². The van der Waals surface area contributed by atoms with Crippen LogP contribution in [0, 0.1) is 0 Å². The Balaban J connectivity index is 1.22. The molecular weight excluding hydrogens is 708 g/mol. The van der Waals surface area contributed by atoms with Gasteiger partial charge < -0.3 is 9.23 Å². The molecule has 7 aromatic carbocycles. The van der Waals surface area contributed by atoms with Crippen molar-refractivity contribution >= 4 is 96.7 Å². The fourth-order valence-electron chi connectivity index (χ4n) is 10.5. The van der Waals surface area contributed by atoms with Crippen LogP contribution in [0.1, 0.15) is 79.0 Å². The van der Waals surface area contributed by atoms with Crippen molar-refractivity contribution < 1.29 is 4.42 Å². The van der Waals surface area contributed by atoms with Crippen LogP contribution in [0.2, 0.25) is 0 Å². The minimum Gasteiger partial charge on any atom is -0.456 e. The highest BCUT2D eigenvalue weighted by Gasteiger charge is 2.51. The molecule has 8 aromatic rings. The molecule has 0 spiro atoms. The zero-order chi connectivity index (χ0) is 39.1.